The van der Waals surface area contributed by atoms with Crippen LogP contribution in [0.15, 0.2) is 24.3 Å². The molecule has 3 atom stereocenters. The van der Waals surface area contributed by atoms with E-state index in [-0.39, 0.29) is 35.4 Å². The highest BCUT2D eigenvalue weighted by atomic mass is 32.2. The molecule has 2 rings (SSSR count). The average molecular weight is 411 g/mol. The van der Waals surface area contributed by atoms with Gasteiger partial charge in [0.15, 0.2) is 16.4 Å². The van der Waals surface area contributed by atoms with Gasteiger partial charge in [0.2, 0.25) is 0 Å². The highest BCUT2D eigenvalue weighted by molar-refractivity contribution is 7.91. The SMILES string of the molecule is CC[C@@H](C)N(C(=O)C[NH+](C)Cc1ccc(C(=O)NC)cc1)[C@H]1CCS(=O)(=O)C1. The number of sulfone groups is 1. The Morgan fingerprint density at radius 3 is 2.43 bits per heavy atom. The molecule has 28 heavy (non-hydrogen) atoms. The predicted octanol–water partition coefficient (Wildman–Crippen LogP) is -0.125. The van der Waals surface area contributed by atoms with E-state index in [0.717, 1.165) is 16.9 Å². The van der Waals surface area contributed by atoms with Crippen molar-refractivity contribution in [2.45, 2.75) is 45.3 Å². The Kier molecular flexibility index (Phi) is 7.60. The molecular formula is C20H32N3O4S+. The van der Waals surface area contributed by atoms with Gasteiger partial charge in [-0.25, -0.2) is 8.42 Å². The van der Waals surface area contributed by atoms with Crippen LogP contribution in [0.5, 0.6) is 0 Å². The molecule has 0 aliphatic carbocycles. The summed E-state index contributed by atoms with van der Waals surface area (Å²) in [5, 5.41) is 2.59. The van der Waals surface area contributed by atoms with Gasteiger partial charge in [0, 0.05) is 30.3 Å². The summed E-state index contributed by atoms with van der Waals surface area (Å²) in [5.41, 5.74) is 1.64. The Bertz CT molecular complexity index is 792. The van der Waals surface area contributed by atoms with Gasteiger partial charge in [0.05, 0.1) is 18.6 Å². The molecule has 1 unspecified atom stereocenters. The maximum Gasteiger partial charge on any atom is 0.278 e. The van der Waals surface area contributed by atoms with Crippen molar-refractivity contribution in [2.24, 2.45) is 0 Å². The number of amides is 2. The van der Waals surface area contributed by atoms with Crippen LogP contribution >= 0.6 is 0 Å². The first kappa shape index (κ1) is 22.4. The predicted molar refractivity (Wildman–Crippen MR) is 109 cm³/mol. The zero-order valence-electron chi connectivity index (χ0n) is 17.2. The van der Waals surface area contributed by atoms with E-state index in [1.165, 1.54) is 0 Å². The summed E-state index contributed by atoms with van der Waals surface area (Å²) in [5.74, 6) is 0.107. The molecule has 1 fully saturated rings. The van der Waals surface area contributed by atoms with Crippen LogP contribution in [0.4, 0.5) is 0 Å². The molecule has 0 aromatic heterocycles. The molecule has 1 aromatic rings. The van der Waals surface area contributed by atoms with Gasteiger partial charge < -0.3 is 15.1 Å². The van der Waals surface area contributed by atoms with Crippen LogP contribution in [0.2, 0.25) is 0 Å². The van der Waals surface area contributed by atoms with Gasteiger partial charge in [-0.3, -0.25) is 9.59 Å². The van der Waals surface area contributed by atoms with Gasteiger partial charge in [0.1, 0.15) is 6.54 Å². The van der Waals surface area contributed by atoms with Crippen LogP contribution in [0.3, 0.4) is 0 Å². The summed E-state index contributed by atoms with van der Waals surface area (Å²) in [6.45, 7) is 4.95. The molecule has 7 nitrogen and oxygen atoms in total. The average Bonchev–Trinajstić information content (AvgIpc) is 3.00. The maximum atomic E-state index is 13.0. The van der Waals surface area contributed by atoms with Crippen LogP contribution in [0.25, 0.3) is 0 Å². The second-order valence-corrected chi connectivity index (χ2v) is 9.93. The summed E-state index contributed by atoms with van der Waals surface area (Å²) < 4.78 is 23.7. The maximum absolute atomic E-state index is 13.0. The van der Waals surface area contributed by atoms with E-state index in [1.54, 1.807) is 24.1 Å². The van der Waals surface area contributed by atoms with Crippen LogP contribution in [0, 0.1) is 0 Å². The van der Waals surface area contributed by atoms with Gasteiger partial charge in [0.25, 0.3) is 11.8 Å². The number of benzene rings is 1. The number of quaternary nitrogens is 1. The minimum Gasteiger partial charge on any atom is -0.355 e. The van der Waals surface area contributed by atoms with E-state index in [0.29, 0.717) is 25.1 Å². The Balaban J connectivity index is 2.01. The van der Waals surface area contributed by atoms with E-state index >= 15 is 0 Å². The molecule has 1 aliphatic rings. The van der Waals surface area contributed by atoms with Gasteiger partial charge in [-0.1, -0.05) is 19.1 Å². The second-order valence-electron chi connectivity index (χ2n) is 7.70. The van der Waals surface area contributed by atoms with Crippen molar-refractivity contribution in [3.63, 3.8) is 0 Å². The third-order valence-corrected chi connectivity index (χ3v) is 7.11. The first-order chi connectivity index (χ1) is 13.2. The van der Waals surface area contributed by atoms with Gasteiger partial charge in [-0.15, -0.1) is 0 Å². The molecule has 156 valence electrons. The lowest BCUT2D eigenvalue weighted by Crippen LogP contribution is -3.09. The number of hydrogen-bond donors (Lipinski definition) is 2. The van der Waals surface area contributed by atoms with Crippen LogP contribution in [-0.4, -0.2) is 69.4 Å². The molecule has 8 heteroatoms. The first-order valence-corrected chi connectivity index (χ1v) is 11.6. The van der Waals surface area contributed by atoms with E-state index in [4.69, 9.17) is 0 Å². The van der Waals surface area contributed by atoms with Crippen molar-refractivity contribution >= 4 is 21.7 Å². The Labute approximate surface area is 168 Å². The molecule has 1 saturated heterocycles. The molecule has 0 saturated carbocycles. The normalized spacial score (nSPS) is 20.4. The summed E-state index contributed by atoms with van der Waals surface area (Å²) >= 11 is 0. The number of rotatable bonds is 8. The molecule has 1 aromatic carbocycles. The molecule has 1 heterocycles. The summed E-state index contributed by atoms with van der Waals surface area (Å²) in [4.78, 5) is 27.4. The lowest BCUT2D eigenvalue weighted by molar-refractivity contribution is -0.885. The topological polar surface area (TPSA) is 88.0 Å². The summed E-state index contributed by atoms with van der Waals surface area (Å²) in [6.07, 6.45) is 1.32. The minimum atomic E-state index is -3.04. The molecular weight excluding hydrogens is 378 g/mol. The van der Waals surface area contributed by atoms with E-state index < -0.39 is 9.84 Å². The van der Waals surface area contributed by atoms with Crippen molar-refractivity contribution < 1.29 is 22.9 Å². The zero-order valence-corrected chi connectivity index (χ0v) is 18.0. The van der Waals surface area contributed by atoms with E-state index in [1.807, 2.05) is 33.0 Å². The Morgan fingerprint density at radius 2 is 1.93 bits per heavy atom. The largest absolute Gasteiger partial charge is 0.355 e. The molecule has 1 aliphatic heterocycles. The zero-order chi connectivity index (χ0) is 20.9. The van der Waals surface area contributed by atoms with Crippen LogP contribution < -0.4 is 10.2 Å². The summed E-state index contributed by atoms with van der Waals surface area (Å²) in [7, 11) is 0.505. The van der Waals surface area contributed by atoms with Crippen molar-refractivity contribution in [3.8, 4) is 0 Å². The molecule has 2 amide bonds. The van der Waals surface area contributed by atoms with Crippen LogP contribution in [0.1, 0.15) is 42.6 Å². The van der Waals surface area contributed by atoms with E-state index in [9.17, 15) is 18.0 Å². The quantitative estimate of drug-likeness (QED) is 0.625. The fraction of sp³-hybridized carbons (Fsp3) is 0.600. The molecule has 0 spiro atoms. The lowest BCUT2D eigenvalue weighted by atomic mass is 10.1. The van der Waals surface area contributed by atoms with Crippen LogP contribution in [-0.2, 0) is 21.2 Å². The molecule has 0 bridgehead atoms. The number of nitrogens with one attached hydrogen (secondary N) is 2. The molecule has 0 radical (unpaired) electrons. The fourth-order valence-electron chi connectivity index (χ4n) is 3.68. The van der Waals surface area contributed by atoms with Crippen molar-refractivity contribution in [1.82, 2.24) is 10.2 Å². The monoisotopic (exact) mass is 410 g/mol. The van der Waals surface area contributed by atoms with Gasteiger partial charge >= 0.3 is 0 Å². The van der Waals surface area contributed by atoms with E-state index in [2.05, 4.69) is 5.32 Å². The number of carbonyl (C=O) groups excluding carboxylic acids is 2. The number of carbonyl (C=O) groups is 2. The van der Waals surface area contributed by atoms with Gasteiger partial charge in [-0.2, -0.15) is 0 Å². The highest BCUT2D eigenvalue weighted by Gasteiger charge is 2.37. The fourth-order valence-corrected chi connectivity index (χ4v) is 5.39. The standard InChI is InChI=1S/C20H31N3O4S/c1-5-15(2)23(18-10-11-28(26,27)14-18)19(24)13-22(4)12-16-6-8-17(9-7-16)20(25)21-3/h6-9,15,18H,5,10-14H2,1-4H3,(H,21,25)/p+1/t15-,18+/m1/s1. The third kappa shape index (κ3) is 5.78. The molecule has 2 N–H and O–H groups in total. The smallest absolute Gasteiger partial charge is 0.278 e. The number of hydrogen-bond acceptors (Lipinski definition) is 4. The minimum absolute atomic E-state index is 0.00377. The van der Waals surface area contributed by atoms with Crippen molar-refractivity contribution in [3.05, 3.63) is 35.4 Å². The third-order valence-electron chi connectivity index (χ3n) is 5.36. The van der Waals surface area contributed by atoms with Crippen molar-refractivity contribution in [1.29, 1.82) is 0 Å². The summed E-state index contributed by atoms with van der Waals surface area (Å²) in [6, 6.07) is 7.15. The second kappa shape index (κ2) is 9.52. The number of likely N-dealkylation sites (N-methyl/N-ethyl adjacent to an activating group) is 1. The first-order valence-electron chi connectivity index (χ1n) is 9.80. The Morgan fingerprint density at radius 1 is 1.29 bits per heavy atom. The van der Waals surface area contributed by atoms with Gasteiger partial charge in [-0.05, 0) is 31.9 Å². The number of nitrogens with zero attached hydrogens (tertiary/aromatic N) is 1. The lowest BCUT2D eigenvalue weighted by Gasteiger charge is -2.34. The highest BCUT2D eigenvalue weighted by Crippen LogP contribution is 2.21. The van der Waals surface area contributed by atoms with Crippen molar-refractivity contribution in [2.75, 3.05) is 32.1 Å². The Hall–Kier alpha value is -1.93.